The van der Waals surface area contributed by atoms with Crippen LogP contribution in [0.4, 0.5) is 0 Å². The molecule has 0 aliphatic rings. The summed E-state index contributed by atoms with van der Waals surface area (Å²) in [4.78, 5) is 4.49. The van der Waals surface area contributed by atoms with Gasteiger partial charge in [-0.05, 0) is 55.7 Å². The van der Waals surface area contributed by atoms with Crippen LogP contribution in [0.15, 0.2) is 42.7 Å². The molecular formula is C19H22N2O2. The molecule has 1 aromatic heterocycles. The summed E-state index contributed by atoms with van der Waals surface area (Å²) in [6.45, 7) is 5.81. The molecule has 0 amide bonds. The van der Waals surface area contributed by atoms with E-state index in [9.17, 15) is 0 Å². The highest BCUT2D eigenvalue weighted by Crippen LogP contribution is 2.20. The zero-order valence-corrected chi connectivity index (χ0v) is 13.9. The molecule has 0 bridgehead atoms. The Kier molecular flexibility index (Phi) is 4.51. The summed E-state index contributed by atoms with van der Waals surface area (Å²) in [7, 11) is 1.66. The number of nitrogens with zero attached hydrogens (tertiary/aromatic N) is 2. The Morgan fingerprint density at radius 3 is 2.65 bits per heavy atom. The second-order valence-corrected chi connectivity index (χ2v) is 5.74. The Hall–Kier alpha value is -2.49. The normalized spacial score (nSPS) is 10.9. The van der Waals surface area contributed by atoms with Crippen molar-refractivity contribution in [2.75, 3.05) is 13.7 Å². The van der Waals surface area contributed by atoms with Crippen LogP contribution >= 0.6 is 0 Å². The fourth-order valence-electron chi connectivity index (χ4n) is 2.61. The van der Waals surface area contributed by atoms with E-state index in [0.29, 0.717) is 6.61 Å². The SMILES string of the molecule is COc1cccc(OCCCn2cnc3cc(C)c(C)cc32)c1. The monoisotopic (exact) mass is 310 g/mol. The van der Waals surface area contributed by atoms with Crippen LogP contribution in [-0.2, 0) is 6.54 Å². The van der Waals surface area contributed by atoms with E-state index in [-0.39, 0.29) is 0 Å². The van der Waals surface area contributed by atoms with Gasteiger partial charge in [-0.2, -0.15) is 0 Å². The third-order valence-corrected chi connectivity index (χ3v) is 4.09. The number of imidazole rings is 1. The van der Waals surface area contributed by atoms with Crippen LogP contribution in [0.5, 0.6) is 11.5 Å². The van der Waals surface area contributed by atoms with Gasteiger partial charge in [0.2, 0.25) is 0 Å². The van der Waals surface area contributed by atoms with Crippen LogP contribution in [0.2, 0.25) is 0 Å². The molecule has 0 unspecified atom stereocenters. The van der Waals surface area contributed by atoms with E-state index in [2.05, 4.69) is 35.5 Å². The summed E-state index contributed by atoms with van der Waals surface area (Å²) in [5.74, 6) is 1.65. The molecule has 4 heteroatoms. The highest BCUT2D eigenvalue weighted by molar-refractivity contribution is 5.77. The smallest absolute Gasteiger partial charge is 0.122 e. The third kappa shape index (κ3) is 3.47. The van der Waals surface area contributed by atoms with E-state index >= 15 is 0 Å². The highest BCUT2D eigenvalue weighted by Gasteiger charge is 2.05. The van der Waals surface area contributed by atoms with Gasteiger partial charge < -0.3 is 14.0 Å². The quantitative estimate of drug-likeness (QED) is 0.642. The molecule has 2 aromatic carbocycles. The van der Waals surface area contributed by atoms with E-state index in [1.165, 1.54) is 16.6 Å². The maximum Gasteiger partial charge on any atom is 0.122 e. The summed E-state index contributed by atoms with van der Waals surface area (Å²) < 4.78 is 13.2. The number of rotatable bonds is 6. The molecule has 3 rings (SSSR count). The first kappa shape index (κ1) is 15.4. The molecule has 23 heavy (non-hydrogen) atoms. The lowest BCUT2D eigenvalue weighted by atomic mass is 10.1. The van der Waals surface area contributed by atoms with Gasteiger partial charge in [0, 0.05) is 12.6 Å². The van der Waals surface area contributed by atoms with Crippen LogP contribution < -0.4 is 9.47 Å². The molecule has 3 aromatic rings. The first-order valence-electron chi connectivity index (χ1n) is 7.86. The van der Waals surface area contributed by atoms with Crippen LogP contribution in [0.3, 0.4) is 0 Å². The maximum atomic E-state index is 5.79. The standard InChI is InChI=1S/C19H22N2O2/c1-14-10-18-19(11-15(14)2)21(13-20-18)8-5-9-23-17-7-4-6-16(12-17)22-3/h4,6-7,10-13H,5,8-9H2,1-3H3. The number of ether oxygens (including phenoxy) is 2. The van der Waals surface area contributed by atoms with Gasteiger partial charge in [-0.15, -0.1) is 0 Å². The maximum absolute atomic E-state index is 5.79. The van der Waals surface area contributed by atoms with Gasteiger partial charge in [-0.3, -0.25) is 0 Å². The Balaban J connectivity index is 1.59. The van der Waals surface area contributed by atoms with Crippen molar-refractivity contribution in [3.8, 4) is 11.5 Å². The molecule has 4 nitrogen and oxygen atoms in total. The van der Waals surface area contributed by atoms with E-state index in [4.69, 9.17) is 9.47 Å². The largest absolute Gasteiger partial charge is 0.497 e. The summed E-state index contributed by atoms with van der Waals surface area (Å²) >= 11 is 0. The molecule has 120 valence electrons. The minimum Gasteiger partial charge on any atom is -0.497 e. The van der Waals surface area contributed by atoms with Crippen molar-refractivity contribution in [3.05, 3.63) is 53.9 Å². The molecule has 1 heterocycles. The molecule has 0 radical (unpaired) electrons. The molecule has 0 aliphatic heterocycles. The van der Waals surface area contributed by atoms with Gasteiger partial charge in [-0.25, -0.2) is 4.98 Å². The van der Waals surface area contributed by atoms with E-state index < -0.39 is 0 Å². The van der Waals surface area contributed by atoms with Gasteiger partial charge in [0.05, 0.1) is 31.1 Å². The number of fused-ring (bicyclic) bond motifs is 1. The van der Waals surface area contributed by atoms with Gasteiger partial charge in [-0.1, -0.05) is 6.07 Å². The molecule has 0 saturated carbocycles. The van der Waals surface area contributed by atoms with Crippen molar-refractivity contribution in [3.63, 3.8) is 0 Å². The predicted octanol–water partition coefficient (Wildman–Crippen LogP) is 4.13. The Morgan fingerprint density at radius 1 is 1.04 bits per heavy atom. The fraction of sp³-hybridized carbons (Fsp3) is 0.316. The van der Waals surface area contributed by atoms with Crippen molar-refractivity contribution in [2.24, 2.45) is 0 Å². The van der Waals surface area contributed by atoms with Gasteiger partial charge in [0.25, 0.3) is 0 Å². The van der Waals surface area contributed by atoms with Crippen LogP contribution in [0, 0.1) is 13.8 Å². The van der Waals surface area contributed by atoms with E-state index in [1.54, 1.807) is 7.11 Å². The van der Waals surface area contributed by atoms with Crippen LogP contribution in [-0.4, -0.2) is 23.3 Å². The zero-order chi connectivity index (χ0) is 16.2. The first-order chi connectivity index (χ1) is 11.2. The number of aromatic nitrogens is 2. The second-order valence-electron chi connectivity index (χ2n) is 5.74. The fourth-order valence-corrected chi connectivity index (χ4v) is 2.61. The Labute approximate surface area is 136 Å². The topological polar surface area (TPSA) is 36.3 Å². The van der Waals surface area contributed by atoms with Crippen LogP contribution in [0.25, 0.3) is 11.0 Å². The highest BCUT2D eigenvalue weighted by atomic mass is 16.5. The average molecular weight is 310 g/mol. The summed E-state index contributed by atoms with van der Waals surface area (Å²) in [6, 6.07) is 12.0. The minimum atomic E-state index is 0.664. The second kappa shape index (κ2) is 6.73. The number of hydrogen-bond acceptors (Lipinski definition) is 3. The van der Waals surface area contributed by atoms with Gasteiger partial charge in [0.1, 0.15) is 11.5 Å². The Bertz CT molecular complexity index is 808. The predicted molar refractivity (Wildman–Crippen MR) is 92.3 cm³/mol. The molecule has 0 aliphatic carbocycles. The van der Waals surface area contributed by atoms with Crippen LogP contribution in [0.1, 0.15) is 17.5 Å². The number of benzene rings is 2. The summed E-state index contributed by atoms with van der Waals surface area (Å²) in [6.07, 6.45) is 2.84. The first-order valence-corrected chi connectivity index (χ1v) is 7.86. The lowest BCUT2D eigenvalue weighted by molar-refractivity contribution is 0.300. The van der Waals surface area contributed by atoms with Gasteiger partial charge >= 0.3 is 0 Å². The number of aryl methyl sites for hydroxylation is 3. The average Bonchev–Trinajstić information content (AvgIpc) is 2.94. The van der Waals surface area contributed by atoms with Crippen molar-refractivity contribution in [2.45, 2.75) is 26.8 Å². The van der Waals surface area contributed by atoms with Crippen molar-refractivity contribution < 1.29 is 9.47 Å². The minimum absolute atomic E-state index is 0.664. The lowest BCUT2D eigenvalue weighted by Crippen LogP contribution is -2.04. The molecule has 0 fully saturated rings. The molecule has 0 saturated heterocycles. The number of methoxy groups -OCH3 is 1. The molecular weight excluding hydrogens is 288 g/mol. The lowest BCUT2D eigenvalue weighted by Gasteiger charge is -2.09. The van der Waals surface area contributed by atoms with Crippen molar-refractivity contribution in [1.82, 2.24) is 9.55 Å². The van der Waals surface area contributed by atoms with Crippen molar-refractivity contribution >= 4 is 11.0 Å². The summed E-state index contributed by atoms with van der Waals surface area (Å²) in [5.41, 5.74) is 4.83. The van der Waals surface area contributed by atoms with Gasteiger partial charge in [0.15, 0.2) is 0 Å². The Morgan fingerprint density at radius 2 is 1.83 bits per heavy atom. The molecule has 0 atom stereocenters. The van der Waals surface area contributed by atoms with E-state index in [0.717, 1.165) is 30.0 Å². The van der Waals surface area contributed by atoms with Crippen molar-refractivity contribution in [1.29, 1.82) is 0 Å². The molecule has 0 N–H and O–H groups in total. The summed E-state index contributed by atoms with van der Waals surface area (Å²) in [5, 5.41) is 0. The number of hydrogen-bond donors (Lipinski definition) is 0. The van der Waals surface area contributed by atoms with E-state index in [1.807, 2.05) is 30.6 Å². The third-order valence-electron chi connectivity index (χ3n) is 4.09. The zero-order valence-electron chi connectivity index (χ0n) is 13.9. The molecule has 0 spiro atoms.